The van der Waals surface area contributed by atoms with E-state index < -0.39 is 10.8 Å². The maximum atomic E-state index is 12.4. The molecule has 0 spiro atoms. The number of hydrogen-bond acceptors (Lipinski definition) is 5. The number of thioether (sulfide) groups is 1. The van der Waals surface area contributed by atoms with Crippen LogP contribution in [-0.4, -0.2) is 29.0 Å². The average molecular weight is 450 g/mol. The SMILES string of the molecule is NC(=O)c1ccc(SCC(=O)NCCC(c2ccccc2)c2ccccc2)c([N+](=O)[O-])c1. The van der Waals surface area contributed by atoms with E-state index >= 15 is 0 Å². The quantitative estimate of drug-likeness (QED) is 0.274. The van der Waals surface area contributed by atoms with Crippen LogP contribution in [0.2, 0.25) is 0 Å². The van der Waals surface area contributed by atoms with Crippen LogP contribution >= 0.6 is 11.8 Å². The van der Waals surface area contributed by atoms with Gasteiger partial charge in [0.05, 0.1) is 15.6 Å². The second-order valence-corrected chi connectivity index (χ2v) is 8.12. The lowest BCUT2D eigenvalue weighted by Gasteiger charge is -2.18. The highest BCUT2D eigenvalue weighted by atomic mass is 32.2. The van der Waals surface area contributed by atoms with Crippen LogP contribution in [0.1, 0.15) is 33.8 Å². The van der Waals surface area contributed by atoms with E-state index in [0.717, 1.165) is 24.2 Å². The highest BCUT2D eigenvalue weighted by molar-refractivity contribution is 8.00. The molecule has 3 aromatic carbocycles. The number of amides is 2. The predicted molar refractivity (Wildman–Crippen MR) is 125 cm³/mol. The van der Waals surface area contributed by atoms with Crippen LogP contribution < -0.4 is 11.1 Å². The number of nitrogens with zero attached hydrogens (tertiary/aromatic N) is 1. The molecule has 0 aliphatic heterocycles. The van der Waals surface area contributed by atoms with Crippen molar-refractivity contribution in [3.05, 3.63) is 106 Å². The Hall–Kier alpha value is -3.65. The molecule has 0 saturated heterocycles. The van der Waals surface area contributed by atoms with Crippen molar-refractivity contribution < 1.29 is 14.5 Å². The summed E-state index contributed by atoms with van der Waals surface area (Å²) in [4.78, 5) is 34.6. The molecule has 0 aromatic heterocycles. The highest BCUT2D eigenvalue weighted by Gasteiger charge is 2.18. The Morgan fingerprint density at radius 3 is 2.09 bits per heavy atom. The maximum absolute atomic E-state index is 12.4. The Morgan fingerprint density at radius 1 is 0.969 bits per heavy atom. The van der Waals surface area contributed by atoms with E-state index in [2.05, 4.69) is 29.6 Å². The largest absolute Gasteiger partial charge is 0.366 e. The third-order valence-electron chi connectivity index (χ3n) is 4.96. The van der Waals surface area contributed by atoms with Gasteiger partial charge in [-0.25, -0.2) is 0 Å². The van der Waals surface area contributed by atoms with Crippen molar-refractivity contribution >= 4 is 29.3 Å². The van der Waals surface area contributed by atoms with Crippen LogP contribution in [0.25, 0.3) is 0 Å². The summed E-state index contributed by atoms with van der Waals surface area (Å²) in [6.45, 7) is 0.469. The first kappa shape index (κ1) is 23.0. The van der Waals surface area contributed by atoms with Crippen LogP contribution in [0.5, 0.6) is 0 Å². The smallest absolute Gasteiger partial charge is 0.283 e. The van der Waals surface area contributed by atoms with Gasteiger partial charge in [-0.05, 0) is 29.7 Å². The molecule has 7 nitrogen and oxygen atoms in total. The molecule has 2 amide bonds. The molecule has 164 valence electrons. The highest BCUT2D eigenvalue weighted by Crippen LogP contribution is 2.30. The van der Waals surface area contributed by atoms with Gasteiger partial charge in [-0.2, -0.15) is 0 Å². The molecule has 0 bridgehead atoms. The van der Waals surface area contributed by atoms with E-state index in [4.69, 9.17) is 5.73 Å². The lowest BCUT2D eigenvalue weighted by molar-refractivity contribution is -0.387. The Morgan fingerprint density at radius 2 is 1.56 bits per heavy atom. The van der Waals surface area contributed by atoms with Gasteiger partial charge in [0.15, 0.2) is 0 Å². The molecular formula is C24H23N3O4S. The summed E-state index contributed by atoms with van der Waals surface area (Å²) >= 11 is 1.05. The topological polar surface area (TPSA) is 115 Å². The summed E-state index contributed by atoms with van der Waals surface area (Å²) in [7, 11) is 0. The number of rotatable bonds is 10. The normalized spacial score (nSPS) is 10.7. The van der Waals surface area contributed by atoms with Crippen LogP contribution in [0.15, 0.2) is 83.8 Å². The molecule has 0 aliphatic rings. The lowest BCUT2D eigenvalue weighted by atomic mass is 9.88. The van der Waals surface area contributed by atoms with E-state index in [1.54, 1.807) is 0 Å². The van der Waals surface area contributed by atoms with Gasteiger partial charge < -0.3 is 11.1 Å². The average Bonchev–Trinajstić information content (AvgIpc) is 2.81. The molecule has 3 aromatic rings. The molecule has 0 atom stereocenters. The molecule has 0 unspecified atom stereocenters. The molecule has 0 aliphatic carbocycles. The van der Waals surface area contributed by atoms with Gasteiger partial charge in [-0.15, -0.1) is 11.8 Å². The molecule has 0 fully saturated rings. The number of nitrogens with one attached hydrogen (secondary N) is 1. The minimum Gasteiger partial charge on any atom is -0.366 e. The van der Waals surface area contributed by atoms with Crippen LogP contribution in [0.4, 0.5) is 5.69 Å². The number of nitro groups is 1. The third kappa shape index (κ3) is 6.18. The van der Waals surface area contributed by atoms with E-state index in [1.165, 1.54) is 23.3 Å². The van der Waals surface area contributed by atoms with Gasteiger partial charge in [0.2, 0.25) is 11.8 Å². The fraction of sp³-hybridized carbons (Fsp3) is 0.167. The van der Waals surface area contributed by atoms with Crippen LogP contribution in [0, 0.1) is 10.1 Å². The predicted octanol–water partition coefficient (Wildman–Crippen LogP) is 4.12. The minimum atomic E-state index is -0.742. The van der Waals surface area contributed by atoms with Crippen molar-refractivity contribution in [2.24, 2.45) is 5.73 Å². The summed E-state index contributed by atoms with van der Waals surface area (Å²) in [5.41, 5.74) is 7.34. The number of carbonyl (C=O) groups excluding carboxylic acids is 2. The van der Waals surface area contributed by atoms with Crippen molar-refractivity contribution in [1.29, 1.82) is 0 Å². The zero-order chi connectivity index (χ0) is 22.9. The third-order valence-corrected chi connectivity index (χ3v) is 6.02. The first-order valence-electron chi connectivity index (χ1n) is 10.0. The number of primary amides is 1. The molecule has 8 heteroatoms. The Bertz CT molecular complexity index is 1050. The van der Waals surface area contributed by atoms with Gasteiger partial charge in [0.1, 0.15) is 0 Å². The summed E-state index contributed by atoms with van der Waals surface area (Å²) < 4.78 is 0. The molecule has 3 N–H and O–H groups in total. The molecular weight excluding hydrogens is 426 g/mol. The monoisotopic (exact) mass is 449 g/mol. The number of carbonyl (C=O) groups is 2. The van der Waals surface area contributed by atoms with Crippen molar-refractivity contribution in [3.63, 3.8) is 0 Å². The molecule has 32 heavy (non-hydrogen) atoms. The van der Waals surface area contributed by atoms with Gasteiger partial charge in [-0.1, -0.05) is 60.7 Å². The van der Waals surface area contributed by atoms with Crippen molar-refractivity contribution in [2.45, 2.75) is 17.2 Å². The minimum absolute atomic E-state index is 0.0259. The molecule has 0 saturated carbocycles. The zero-order valence-electron chi connectivity index (χ0n) is 17.3. The first-order chi connectivity index (χ1) is 15.5. The fourth-order valence-electron chi connectivity index (χ4n) is 3.38. The van der Waals surface area contributed by atoms with E-state index in [0.29, 0.717) is 11.4 Å². The van der Waals surface area contributed by atoms with E-state index in [-0.39, 0.29) is 28.8 Å². The van der Waals surface area contributed by atoms with Gasteiger partial charge in [0, 0.05) is 24.1 Å². The number of nitrogens with two attached hydrogens (primary N) is 1. The number of nitro benzene ring substituents is 1. The summed E-state index contributed by atoms with van der Waals surface area (Å²) in [6.07, 6.45) is 0.720. The standard InChI is InChI=1S/C24H23N3O4S/c25-24(29)19-11-12-22(21(15-19)27(30)31)32-16-23(28)26-14-13-20(17-7-3-1-4-8-17)18-9-5-2-6-10-18/h1-12,15,20H,13-14,16H2,(H2,25,29)(H,26,28). The summed E-state index contributed by atoms with van der Waals surface area (Å²) in [5, 5.41) is 14.2. The van der Waals surface area contributed by atoms with Crippen molar-refractivity contribution in [1.82, 2.24) is 5.32 Å². The summed E-state index contributed by atoms with van der Waals surface area (Å²) in [5.74, 6) is -0.789. The van der Waals surface area contributed by atoms with Crippen molar-refractivity contribution in [2.75, 3.05) is 12.3 Å². The molecule has 3 rings (SSSR count). The van der Waals surface area contributed by atoms with E-state index in [1.807, 2.05) is 36.4 Å². The first-order valence-corrected chi connectivity index (χ1v) is 11.0. The number of hydrogen-bond donors (Lipinski definition) is 2. The Balaban J connectivity index is 1.59. The maximum Gasteiger partial charge on any atom is 0.283 e. The fourth-order valence-corrected chi connectivity index (χ4v) is 4.22. The molecule has 0 radical (unpaired) electrons. The van der Waals surface area contributed by atoms with Crippen LogP contribution in [-0.2, 0) is 4.79 Å². The van der Waals surface area contributed by atoms with Gasteiger partial charge in [-0.3, -0.25) is 19.7 Å². The van der Waals surface area contributed by atoms with Gasteiger partial charge in [0.25, 0.3) is 5.69 Å². The molecule has 0 heterocycles. The van der Waals surface area contributed by atoms with Crippen LogP contribution in [0.3, 0.4) is 0 Å². The van der Waals surface area contributed by atoms with Gasteiger partial charge >= 0.3 is 0 Å². The summed E-state index contributed by atoms with van der Waals surface area (Å²) in [6, 6.07) is 24.2. The zero-order valence-corrected chi connectivity index (χ0v) is 18.1. The second kappa shape index (κ2) is 11.1. The second-order valence-electron chi connectivity index (χ2n) is 7.11. The van der Waals surface area contributed by atoms with E-state index in [9.17, 15) is 19.7 Å². The lowest BCUT2D eigenvalue weighted by Crippen LogP contribution is -2.27. The van der Waals surface area contributed by atoms with Crippen molar-refractivity contribution in [3.8, 4) is 0 Å². The number of benzene rings is 3. The Labute approximate surface area is 190 Å². The Kier molecular flexibility index (Phi) is 7.99.